The Hall–Kier alpha value is -3.15. The molecule has 28 heavy (non-hydrogen) atoms. The van der Waals surface area contributed by atoms with E-state index in [9.17, 15) is 12.8 Å². The Morgan fingerprint density at radius 1 is 1.00 bits per heavy atom. The van der Waals surface area contributed by atoms with Gasteiger partial charge in [0.2, 0.25) is 16.0 Å². The fourth-order valence-electron chi connectivity index (χ4n) is 2.40. The molecule has 4 aromatic rings. The second-order valence-corrected chi connectivity index (χ2v) is 8.29. The summed E-state index contributed by atoms with van der Waals surface area (Å²) >= 11 is 1.38. The third-order valence-electron chi connectivity index (χ3n) is 3.70. The van der Waals surface area contributed by atoms with Gasteiger partial charge in [-0.15, -0.1) is 0 Å². The predicted molar refractivity (Wildman–Crippen MR) is 106 cm³/mol. The number of hydrogen-bond donors (Lipinski definition) is 3. The number of thiazole rings is 1. The number of primary sulfonamides is 1. The first-order chi connectivity index (χ1) is 13.4. The lowest BCUT2D eigenvalue weighted by Crippen LogP contribution is -2.11. The number of fused-ring (bicyclic) bond motifs is 1. The second-order valence-electron chi connectivity index (χ2n) is 5.70. The normalized spacial score (nSPS) is 11.5. The van der Waals surface area contributed by atoms with E-state index in [4.69, 9.17) is 5.14 Å². The number of nitrogens with two attached hydrogens (primary N) is 1. The number of sulfonamides is 1. The zero-order valence-electron chi connectivity index (χ0n) is 14.1. The molecule has 0 saturated carbocycles. The van der Waals surface area contributed by atoms with Gasteiger partial charge in [0.25, 0.3) is 0 Å². The fourth-order valence-corrected chi connectivity index (χ4v) is 3.78. The first-order valence-corrected chi connectivity index (χ1v) is 10.3. The summed E-state index contributed by atoms with van der Waals surface area (Å²) in [7, 11) is -3.77. The van der Waals surface area contributed by atoms with Crippen LogP contribution in [0.3, 0.4) is 0 Å². The fraction of sp³-hybridized carbons (Fsp3) is 0. The molecule has 8 nitrogen and oxygen atoms in total. The molecular formula is C17H13FN6O2S2. The van der Waals surface area contributed by atoms with Crippen LogP contribution in [0.1, 0.15) is 0 Å². The molecule has 0 aliphatic carbocycles. The number of benzene rings is 2. The number of nitrogens with one attached hydrogen (secondary N) is 2. The molecule has 4 N–H and O–H groups in total. The summed E-state index contributed by atoms with van der Waals surface area (Å²) in [6.07, 6.45) is 1.03. The van der Waals surface area contributed by atoms with Crippen LogP contribution in [0.2, 0.25) is 0 Å². The summed E-state index contributed by atoms with van der Waals surface area (Å²) in [4.78, 5) is 12.4. The molecule has 2 heterocycles. The summed E-state index contributed by atoms with van der Waals surface area (Å²) in [5, 5.41) is 11.3. The minimum Gasteiger partial charge on any atom is -0.324 e. The molecule has 0 fully saturated rings. The number of hydrogen-bond acceptors (Lipinski definition) is 8. The SMILES string of the molecule is NS(=O)(=O)c1ccc(Nc2ncc(F)c(Nc3nc4ccccc4s3)n2)cc1. The molecular weight excluding hydrogens is 403 g/mol. The van der Waals surface area contributed by atoms with E-state index < -0.39 is 15.8 Å². The van der Waals surface area contributed by atoms with E-state index in [0.717, 1.165) is 16.4 Å². The van der Waals surface area contributed by atoms with Crippen molar-refractivity contribution in [2.45, 2.75) is 4.90 Å². The maximum absolute atomic E-state index is 14.1. The van der Waals surface area contributed by atoms with E-state index in [1.54, 1.807) is 0 Å². The molecule has 11 heteroatoms. The molecule has 0 bridgehead atoms. The summed E-state index contributed by atoms with van der Waals surface area (Å²) in [6, 6.07) is 13.3. The van der Waals surface area contributed by atoms with Gasteiger partial charge in [0.1, 0.15) is 0 Å². The largest absolute Gasteiger partial charge is 0.324 e. The minimum atomic E-state index is -3.77. The van der Waals surface area contributed by atoms with Crippen molar-refractivity contribution in [3.63, 3.8) is 0 Å². The molecule has 2 aromatic carbocycles. The van der Waals surface area contributed by atoms with Crippen molar-refractivity contribution in [3.05, 3.63) is 60.5 Å². The third kappa shape index (κ3) is 3.91. The first kappa shape index (κ1) is 18.2. The molecule has 0 saturated heterocycles. The maximum Gasteiger partial charge on any atom is 0.238 e. The number of rotatable bonds is 5. The average Bonchev–Trinajstić information content (AvgIpc) is 3.06. The Kier molecular flexibility index (Phi) is 4.63. The number of anilines is 4. The van der Waals surface area contributed by atoms with Gasteiger partial charge in [-0.2, -0.15) is 4.98 Å². The second kappa shape index (κ2) is 7.11. The predicted octanol–water partition coefficient (Wildman–Crippen LogP) is 3.36. The van der Waals surface area contributed by atoms with Gasteiger partial charge >= 0.3 is 0 Å². The Labute approximate surface area is 163 Å². The lowest BCUT2D eigenvalue weighted by Gasteiger charge is -2.08. The van der Waals surface area contributed by atoms with Crippen LogP contribution in [0, 0.1) is 5.82 Å². The molecule has 0 amide bonds. The number of halogens is 1. The zero-order valence-corrected chi connectivity index (χ0v) is 15.8. The molecule has 0 spiro atoms. The van der Waals surface area contributed by atoms with Crippen molar-refractivity contribution in [1.82, 2.24) is 15.0 Å². The molecule has 4 rings (SSSR count). The van der Waals surface area contributed by atoms with E-state index in [-0.39, 0.29) is 16.7 Å². The van der Waals surface area contributed by atoms with Crippen molar-refractivity contribution in [2.75, 3.05) is 10.6 Å². The highest BCUT2D eigenvalue weighted by molar-refractivity contribution is 7.89. The Balaban J connectivity index is 1.56. The van der Waals surface area contributed by atoms with Crippen LogP contribution in [0.4, 0.5) is 27.0 Å². The molecule has 0 atom stereocenters. The average molecular weight is 416 g/mol. The van der Waals surface area contributed by atoms with Crippen molar-refractivity contribution < 1.29 is 12.8 Å². The van der Waals surface area contributed by atoms with Crippen LogP contribution in [-0.2, 0) is 10.0 Å². The molecule has 0 unspecified atom stereocenters. The Morgan fingerprint density at radius 2 is 1.75 bits per heavy atom. The van der Waals surface area contributed by atoms with Gasteiger partial charge < -0.3 is 10.6 Å². The smallest absolute Gasteiger partial charge is 0.238 e. The summed E-state index contributed by atoms with van der Waals surface area (Å²) in [5.41, 5.74) is 1.32. The van der Waals surface area contributed by atoms with Gasteiger partial charge in [0.15, 0.2) is 16.8 Å². The lowest BCUT2D eigenvalue weighted by atomic mass is 10.3. The standard InChI is InChI=1S/C17H13FN6O2S2/c18-12-9-20-16(21-10-5-7-11(8-6-10)28(19,25)26)23-15(12)24-17-22-13-3-1-2-4-14(13)27-17/h1-9H,(H2,19,25,26)(H2,20,21,22,23,24). The van der Waals surface area contributed by atoms with E-state index in [2.05, 4.69) is 25.6 Å². The monoisotopic (exact) mass is 416 g/mol. The van der Waals surface area contributed by atoms with Crippen molar-refractivity contribution in [1.29, 1.82) is 0 Å². The highest BCUT2D eigenvalue weighted by atomic mass is 32.2. The lowest BCUT2D eigenvalue weighted by molar-refractivity contribution is 0.598. The van der Waals surface area contributed by atoms with Crippen LogP contribution < -0.4 is 15.8 Å². The Bertz CT molecular complexity index is 1230. The van der Waals surface area contributed by atoms with Crippen molar-refractivity contribution >= 4 is 54.2 Å². The summed E-state index contributed by atoms with van der Waals surface area (Å²) < 4.78 is 37.7. The van der Waals surface area contributed by atoms with Crippen LogP contribution in [-0.4, -0.2) is 23.4 Å². The van der Waals surface area contributed by atoms with Gasteiger partial charge in [0.05, 0.1) is 21.3 Å². The zero-order chi connectivity index (χ0) is 19.7. The topological polar surface area (TPSA) is 123 Å². The van der Waals surface area contributed by atoms with Crippen LogP contribution in [0.5, 0.6) is 0 Å². The first-order valence-electron chi connectivity index (χ1n) is 7.93. The van der Waals surface area contributed by atoms with Crippen LogP contribution in [0.15, 0.2) is 59.6 Å². The van der Waals surface area contributed by atoms with Crippen LogP contribution >= 0.6 is 11.3 Å². The van der Waals surface area contributed by atoms with Crippen molar-refractivity contribution in [3.8, 4) is 0 Å². The van der Waals surface area contributed by atoms with E-state index in [0.29, 0.717) is 10.8 Å². The highest BCUT2D eigenvalue weighted by Crippen LogP contribution is 2.28. The molecule has 0 aliphatic heterocycles. The third-order valence-corrected chi connectivity index (χ3v) is 5.58. The van der Waals surface area contributed by atoms with E-state index in [1.165, 1.54) is 35.6 Å². The van der Waals surface area contributed by atoms with Gasteiger partial charge in [-0.1, -0.05) is 23.5 Å². The van der Waals surface area contributed by atoms with E-state index >= 15 is 0 Å². The van der Waals surface area contributed by atoms with Crippen molar-refractivity contribution in [2.24, 2.45) is 5.14 Å². The summed E-state index contributed by atoms with van der Waals surface area (Å²) in [6.45, 7) is 0. The quantitative estimate of drug-likeness (QED) is 0.456. The van der Waals surface area contributed by atoms with Gasteiger partial charge in [-0.25, -0.2) is 27.9 Å². The maximum atomic E-state index is 14.1. The van der Waals surface area contributed by atoms with Gasteiger partial charge in [0, 0.05) is 5.69 Å². The molecule has 2 aromatic heterocycles. The van der Waals surface area contributed by atoms with E-state index in [1.807, 2.05) is 24.3 Å². The Morgan fingerprint density at radius 3 is 2.46 bits per heavy atom. The van der Waals surface area contributed by atoms with Gasteiger partial charge in [-0.3, -0.25) is 0 Å². The molecule has 142 valence electrons. The highest BCUT2D eigenvalue weighted by Gasteiger charge is 2.11. The number of para-hydroxylation sites is 1. The molecule has 0 radical (unpaired) electrons. The van der Waals surface area contributed by atoms with Crippen LogP contribution in [0.25, 0.3) is 10.2 Å². The number of nitrogens with zero attached hydrogens (tertiary/aromatic N) is 3. The molecule has 0 aliphatic rings. The minimum absolute atomic E-state index is 0.0173. The van der Waals surface area contributed by atoms with Gasteiger partial charge in [-0.05, 0) is 36.4 Å². The number of aromatic nitrogens is 3. The summed E-state index contributed by atoms with van der Waals surface area (Å²) in [5.74, 6) is -0.527.